The fraction of sp³-hybridized carbons (Fsp3) is 0.786. The molecule has 0 aliphatic heterocycles. The average Bonchev–Trinajstić information content (AvgIpc) is 2.88. The molecule has 1 saturated carbocycles. The molecule has 2 N–H and O–H groups in total. The van der Waals surface area contributed by atoms with Gasteiger partial charge >= 0.3 is 5.97 Å². The van der Waals surface area contributed by atoms with E-state index in [9.17, 15) is 4.79 Å². The third-order valence-corrected chi connectivity index (χ3v) is 3.91. The molecule has 0 unspecified atom stereocenters. The Balaban J connectivity index is 1.67. The van der Waals surface area contributed by atoms with Gasteiger partial charge in [-0.05, 0) is 38.1 Å². The highest BCUT2D eigenvalue weighted by molar-refractivity contribution is 5.69. The second-order valence-corrected chi connectivity index (χ2v) is 5.89. The molecule has 112 valence electrons. The highest BCUT2D eigenvalue weighted by Crippen LogP contribution is 2.28. The average molecular weight is 281 g/mol. The van der Waals surface area contributed by atoms with Gasteiger partial charge in [-0.2, -0.15) is 4.98 Å². The molecule has 0 saturated heterocycles. The molecular weight excluding hydrogens is 258 g/mol. The van der Waals surface area contributed by atoms with Gasteiger partial charge in [-0.25, -0.2) is 0 Å². The van der Waals surface area contributed by atoms with Crippen molar-refractivity contribution in [1.29, 1.82) is 0 Å². The van der Waals surface area contributed by atoms with E-state index in [0.717, 1.165) is 38.1 Å². The molecule has 20 heavy (non-hydrogen) atoms. The topological polar surface area (TPSA) is 88.2 Å². The van der Waals surface area contributed by atoms with Crippen LogP contribution in [-0.2, 0) is 11.3 Å². The van der Waals surface area contributed by atoms with Crippen LogP contribution >= 0.6 is 0 Å². The molecule has 0 amide bonds. The first-order chi connectivity index (χ1) is 9.56. The third-order valence-electron chi connectivity index (χ3n) is 3.91. The molecule has 1 aliphatic rings. The molecule has 0 radical (unpaired) electrons. The Kier molecular flexibility index (Phi) is 5.11. The molecule has 1 aliphatic carbocycles. The maximum atomic E-state index is 10.9. The lowest BCUT2D eigenvalue weighted by Crippen LogP contribution is -2.28. The molecule has 1 fully saturated rings. The van der Waals surface area contributed by atoms with Gasteiger partial charge in [0.25, 0.3) is 0 Å². The van der Waals surface area contributed by atoms with Crippen molar-refractivity contribution in [3.05, 3.63) is 11.7 Å². The van der Waals surface area contributed by atoms with Crippen LogP contribution in [0.5, 0.6) is 0 Å². The van der Waals surface area contributed by atoms with Gasteiger partial charge in [-0.1, -0.05) is 19.0 Å². The van der Waals surface area contributed by atoms with Gasteiger partial charge in [-0.3, -0.25) is 4.79 Å². The van der Waals surface area contributed by atoms with Crippen molar-refractivity contribution in [1.82, 2.24) is 15.5 Å². The molecule has 2 rings (SSSR count). The Labute approximate surface area is 118 Å². The third kappa shape index (κ3) is 4.03. The standard InChI is InChI=1S/C14H23N3O3/c1-9(2)13-16-12(20-17-13)8-15-7-10-3-5-11(6-4-10)14(18)19/h9-11,15H,3-8H2,1-2H3,(H,18,19). The van der Waals surface area contributed by atoms with E-state index in [-0.39, 0.29) is 11.8 Å². The zero-order chi connectivity index (χ0) is 14.5. The highest BCUT2D eigenvalue weighted by atomic mass is 16.5. The number of aliphatic carboxylic acids is 1. The number of rotatable bonds is 6. The lowest BCUT2D eigenvalue weighted by molar-refractivity contribution is -0.143. The van der Waals surface area contributed by atoms with Crippen molar-refractivity contribution in [3.63, 3.8) is 0 Å². The molecule has 1 heterocycles. The van der Waals surface area contributed by atoms with Crippen LogP contribution in [0.4, 0.5) is 0 Å². The van der Waals surface area contributed by atoms with Crippen LogP contribution in [0.25, 0.3) is 0 Å². The maximum absolute atomic E-state index is 10.9. The number of carbonyl (C=O) groups is 1. The summed E-state index contributed by atoms with van der Waals surface area (Å²) in [5.41, 5.74) is 0. The minimum Gasteiger partial charge on any atom is -0.481 e. The lowest BCUT2D eigenvalue weighted by atomic mass is 9.82. The van der Waals surface area contributed by atoms with E-state index in [1.54, 1.807) is 0 Å². The summed E-state index contributed by atoms with van der Waals surface area (Å²) in [6.07, 6.45) is 3.54. The van der Waals surface area contributed by atoms with Gasteiger partial charge in [0.2, 0.25) is 5.89 Å². The van der Waals surface area contributed by atoms with E-state index >= 15 is 0 Å². The summed E-state index contributed by atoms with van der Waals surface area (Å²) < 4.78 is 5.16. The molecular formula is C14H23N3O3. The number of carboxylic acid groups (broad SMARTS) is 1. The SMILES string of the molecule is CC(C)c1noc(CNCC2CCC(C(=O)O)CC2)n1. The summed E-state index contributed by atoms with van der Waals surface area (Å²) in [7, 11) is 0. The Hall–Kier alpha value is -1.43. The number of hydrogen-bond acceptors (Lipinski definition) is 5. The van der Waals surface area contributed by atoms with Gasteiger partial charge in [0.1, 0.15) is 0 Å². The van der Waals surface area contributed by atoms with Crippen molar-refractivity contribution in [3.8, 4) is 0 Å². The van der Waals surface area contributed by atoms with Gasteiger partial charge < -0.3 is 14.9 Å². The number of hydrogen-bond donors (Lipinski definition) is 2. The minimum atomic E-state index is -0.650. The van der Waals surface area contributed by atoms with Crippen LogP contribution in [0.1, 0.15) is 57.2 Å². The van der Waals surface area contributed by atoms with Crippen molar-refractivity contribution in [2.45, 2.75) is 52.0 Å². The van der Waals surface area contributed by atoms with Crippen molar-refractivity contribution < 1.29 is 14.4 Å². The Morgan fingerprint density at radius 2 is 2.10 bits per heavy atom. The normalized spacial score (nSPS) is 23.1. The van der Waals surface area contributed by atoms with Crippen LogP contribution in [0, 0.1) is 11.8 Å². The molecule has 0 spiro atoms. The van der Waals surface area contributed by atoms with Gasteiger partial charge in [0.05, 0.1) is 12.5 Å². The fourth-order valence-electron chi connectivity index (χ4n) is 2.57. The van der Waals surface area contributed by atoms with Crippen molar-refractivity contribution in [2.75, 3.05) is 6.54 Å². The van der Waals surface area contributed by atoms with Gasteiger partial charge in [0.15, 0.2) is 5.82 Å². The maximum Gasteiger partial charge on any atom is 0.306 e. The number of nitrogens with zero attached hydrogens (tertiary/aromatic N) is 2. The summed E-state index contributed by atoms with van der Waals surface area (Å²) in [6.45, 7) is 5.52. The number of carboxylic acids is 1. The van der Waals surface area contributed by atoms with E-state index in [1.165, 1.54) is 0 Å². The second kappa shape index (κ2) is 6.83. The van der Waals surface area contributed by atoms with E-state index in [4.69, 9.17) is 9.63 Å². The van der Waals surface area contributed by atoms with E-state index < -0.39 is 5.97 Å². The van der Waals surface area contributed by atoms with Crippen LogP contribution < -0.4 is 5.32 Å². The van der Waals surface area contributed by atoms with Crippen molar-refractivity contribution >= 4 is 5.97 Å². The lowest BCUT2D eigenvalue weighted by Gasteiger charge is -2.25. The Morgan fingerprint density at radius 1 is 1.40 bits per heavy atom. The largest absolute Gasteiger partial charge is 0.481 e. The zero-order valence-electron chi connectivity index (χ0n) is 12.1. The number of nitrogens with one attached hydrogen (secondary N) is 1. The molecule has 0 bridgehead atoms. The summed E-state index contributed by atoms with van der Waals surface area (Å²) in [5, 5.41) is 16.2. The molecule has 6 nitrogen and oxygen atoms in total. The van der Waals surface area contributed by atoms with E-state index in [1.807, 2.05) is 13.8 Å². The molecule has 0 aromatic carbocycles. The molecule has 1 aromatic heterocycles. The highest BCUT2D eigenvalue weighted by Gasteiger charge is 2.25. The monoisotopic (exact) mass is 281 g/mol. The summed E-state index contributed by atoms with van der Waals surface area (Å²) in [6, 6.07) is 0. The van der Waals surface area contributed by atoms with Crippen molar-refractivity contribution in [2.24, 2.45) is 11.8 Å². The van der Waals surface area contributed by atoms with Crippen LogP contribution in [0.3, 0.4) is 0 Å². The zero-order valence-corrected chi connectivity index (χ0v) is 12.1. The van der Waals surface area contributed by atoms with Crippen LogP contribution in [-0.4, -0.2) is 27.8 Å². The first-order valence-corrected chi connectivity index (χ1v) is 7.32. The van der Waals surface area contributed by atoms with Gasteiger partial charge in [-0.15, -0.1) is 0 Å². The first-order valence-electron chi connectivity index (χ1n) is 7.32. The predicted octanol–water partition coefficient (Wildman–Crippen LogP) is 2.17. The minimum absolute atomic E-state index is 0.143. The predicted molar refractivity (Wildman–Crippen MR) is 73.2 cm³/mol. The van der Waals surface area contributed by atoms with E-state index in [2.05, 4.69) is 15.5 Å². The molecule has 0 atom stereocenters. The van der Waals surface area contributed by atoms with Gasteiger partial charge in [0, 0.05) is 5.92 Å². The summed E-state index contributed by atoms with van der Waals surface area (Å²) in [5.74, 6) is 1.40. The van der Waals surface area contributed by atoms with E-state index in [0.29, 0.717) is 18.4 Å². The van der Waals surface area contributed by atoms with Crippen LogP contribution in [0.15, 0.2) is 4.52 Å². The molecule has 1 aromatic rings. The Morgan fingerprint density at radius 3 is 2.65 bits per heavy atom. The quantitative estimate of drug-likeness (QED) is 0.830. The fourth-order valence-corrected chi connectivity index (χ4v) is 2.57. The molecule has 6 heteroatoms. The van der Waals surface area contributed by atoms with Crippen LogP contribution in [0.2, 0.25) is 0 Å². The first kappa shape index (κ1) is 15.0. The summed E-state index contributed by atoms with van der Waals surface area (Å²) >= 11 is 0. The second-order valence-electron chi connectivity index (χ2n) is 5.89. The smallest absolute Gasteiger partial charge is 0.306 e. The number of aromatic nitrogens is 2. The Bertz CT molecular complexity index is 437. The summed E-state index contributed by atoms with van der Waals surface area (Å²) in [4.78, 5) is 15.2.